The average Bonchev–Trinajstić information content (AvgIpc) is 3.39. The quantitative estimate of drug-likeness (QED) is 0.270. The Labute approximate surface area is 205 Å². The summed E-state index contributed by atoms with van der Waals surface area (Å²) in [6.07, 6.45) is 1.81. The van der Waals surface area contributed by atoms with Crippen LogP contribution in [0.15, 0.2) is 90.3 Å². The van der Waals surface area contributed by atoms with Crippen molar-refractivity contribution < 1.29 is 9.59 Å². The lowest BCUT2D eigenvalue weighted by Gasteiger charge is -2.28. The number of thiophene rings is 1. The van der Waals surface area contributed by atoms with E-state index in [9.17, 15) is 9.59 Å². The minimum absolute atomic E-state index is 0.0394. The van der Waals surface area contributed by atoms with Gasteiger partial charge in [-0.3, -0.25) is 9.59 Å². The first-order valence-corrected chi connectivity index (χ1v) is 12.6. The van der Waals surface area contributed by atoms with E-state index in [4.69, 9.17) is 0 Å². The first-order valence-electron chi connectivity index (χ1n) is 11.8. The third-order valence-electron chi connectivity index (χ3n) is 5.89. The van der Waals surface area contributed by atoms with Crippen molar-refractivity contribution in [3.63, 3.8) is 0 Å². The monoisotopic (exact) mass is 470 g/mol. The molecule has 0 N–H and O–H groups in total. The molecule has 0 bridgehead atoms. The predicted octanol–water partition coefficient (Wildman–Crippen LogP) is 6.37. The summed E-state index contributed by atoms with van der Waals surface area (Å²) in [5.41, 5.74) is 1.70. The lowest BCUT2D eigenvalue weighted by atomic mass is 10.1. The number of carbonyl (C=O) groups is 2. The number of unbranched alkanes of at least 4 members (excludes halogenated alkanes) is 1. The molecule has 1 heterocycles. The molecule has 1 aromatic heterocycles. The Bertz CT molecular complexity index is 1220. The Morgan fingerprint density at radius 3 is 2.29 bits per heavy atom. The van der Waals surface area contributed by atoms with Crippen LogP contribution in [0.4, 0.5) is 0 Å². The predicted molar refractivity (Wildman–Crippen MR) is 140 cm³/mol. The highest BCUT2D eigenvalue weighted by Gasteiger charge is 2.23. The third kappa shape index (κ3) is 6.12. The first kappa shape index (κ1) is 23.7. The van der Waals surface area contributed by atoms with Crippen LogP contribution in [-0.2, 0) is 17.9 Å². The van der Waals surface area contributed by atoms with Crippen LogP contribution >= 0.6 is 11.3 Å². The number of hydrogen-bond donors (Lipinski definition) is 0. The molecular formula is C29H30N2O2S. The molecule has 4 nitrogen and oxygen atoms in total. The SMILES string of the molecule is CCCCN(CC(=O)N(Cc1ccccc1)Cc1cccs1)C(=O)c1ccc2ccccc2c1. The van der Waals surface area contributed by atoms with Crippen molar-refractivity contribution in [1.82, 2.24) is 9.80 Å². The second-order valence-electron chi connectivity index (χ2n) is 8.46. The summed E-state index contributed by atoms with van der Waals surface area (Å²) in [4.78, 5) is 31.7. The standard InChI is InChI=1S/C29H30N2O2S/c1-2-3-17-30(29(33)26-16-15-24-12-7-8-13-25(24)19-26)22-28(32)31(21-27-14-9-18-34-27)20-23-10-5-4-6-11-23/h4-16,18-19H,2-3,17,20-22H2,1H3. The summed E-state index contributed by atoms with van der Waals surface area (Å²) in [5.74, 6) is -0.133. The molecule has 0 fully saturated rings. The molecule has 0 saturated carbocycles. The van der Waals surface area contributed by atoms with E-state index in [1.807, 2.05) is 95.2 Å². The first-order chi connectivity index (χ1) is 16.6. The number of rotatable bonds is 10. The van der Waals surface area contributed by atoms with Gasteiger partial charge in [0, 0.05) is 23.5 Å². The molecule has 0 saturated heterocycles. The number of amides is 2. The Kier molecular flexibility index (Phi) is 8.10. The Hall–Kier alpha value is -3.44. The maximum atomic E-state index is 13.5. The van der Waals surface area contributed by atoms with Crippen LogP contribution in [0.25, 0.3) is 10.8 Å². The van der Waals surface area contributed by atoms with Crippen LogP contribution in [0.3, 0.4) is 0 Å². The van der Waals surface area contributed by atoms with Crippen molar-refractivity contribution in [3.8, 4) is 0 Å². The van der Waals surface area contributed by atoms with Gasteiger partial charge < -0.3 is 9.80 Å². The summed E-state index contributed by atoms with van der Waals surface area (Å²) >= 11 is 1.64. The highest BCUT2D eigenvalue weighted by Crippen LogP contribution is 2.19. The zero-order valence-electron chi connectivity index (χ0n) is 19.5. The largest absolute Gasteiger partial charge is 0.332 e. The van der Waals surface area contributed by atoms with E-state index < -0.39 is 0 Å². The van der Waals surface area contributed by atoms with E-state index in [1.54, 1.807) is 16.2 Å². The van der Waals surface area contributed by atoms with Crippen molar-refractivity contribution in [2.24, 2.45) is 0 Å². The van der Waals surface area contributed by atoms with Gasteiger partial charge in [-0.2, -0.15) is 0 Å². The lowest BCUT2D eigenvalue weighted by molar-refractivity contribution is -0.133. The Morgan fingerprint density at radius 2 is 1.56 bits per heavy atom. The fourth-order valence-corrected chi connectivity index (χ4v) is 4.72. The van der Waals surface area contributed by atoms with Crippen molar-refractivity contribution in [1.29, 1.82) is 0 Å². The second kappa shape index (κ2) is 11.6. The van der Waals surface area contributed by atoms with E-state index in [-0.39, 0.29) is 18.4 Å². The molecule has 0 aliphatic carbocycles. The average molecular weight is 471 g/mol. The summed E-state index contributed by atoms with van der Waals surface area (Å²) < 4.78 is 0. The zero-order valence-corrected chi connectivity index (χ0v) is 20.3. The van der Waals surface area contributed by atoms with Gasteiger partial charge in [-0.25, -0.2) is 0 Å². The Balaban J connectivity index is 1.55. The molecule has 0 radical (unpaired) electrons. The van der Waals surface area contributed by atoms with Gasteiger partial charge in [0.05, 0.1) is 6.54 Å². The molecule has 0 unspecified atom stereocenters. The van der Waals surface area contributed by atoms with E-state index in [2.05, 4.69) is 6.92 Å². The molecular weight excluding hydrogens is 440 g/mol. The smallest absolute Gasteiger partial charge is 0.254 e. The molecule has 34 heavy (non-hydrogen) atoms. The van der Waals surface area contributed by atoms with Gasteiger partial charge in [0.2, 0.25) is 5.91 Å². The van der Waals surface area contributed by atoms with Crippen LogP contribution < -0.4 is 0 Å². The van der Waals surface area contributed by atoms with Crippen molar-refractivity contribution in [2.45, 2.75) is 32.9 Å². The van der Waals surface area contributed by atoms with E-state index >= 15 is 0 Å². The molecule has 174 valence electrons. The fraction of sp³-hybridized carbons (Fsp3) is 0.241. The van der Waals surface area contributed by atoms with E-state index in [1.165, 1.54) is 0 Å². The maximum Gasteiger partial charge on any atom is 0.254 e. The fourth-order valence-electron chi connectivity index (χ4n) is 4.00. The second-order valence-corrected chi connectivity index (χ2v) is 9.49. The number of benzene rings is 3. The molecule has 0 aliphatic rings. The number of hydrogen-bond acceptors (Lipinski definition) is 3. The normalized spacial score (nSPS) is 10.9. The molecule has 3 aromatic carbocycles. The van der Waals surface area contributed by atoms with Gasteiger partial charge in [-0.1, -0.05) is 80.1 Å². The number of carbonyl (C=O) groups excluding carboxylic acids is 2. The van der Waals surface area contributed by atoms with Gasteiger partial charge in [0.15, 0.2) is 0 Å². The molecule has 0 atom stereocenters. The maximum absolute atomic E-state index is 13.5. The van der Waals surface area contributed by atoms with Gasteiger partial charge in [-0.15, -0.1) is 11.3 Å². The molecule has 4 aromatic rings. The van der Waals surface area contributed by atoms with Gasteiger partial charge in [0.25, 0.3) is 5.91 Å². The Morgan fingerprint density at radius 1 is 0.794 bits per heavy atom. The van der Waals surface area contributed by atoms with Crippen LogP contribution in [0, 0.1) is 0 Å². The molecule has 0 spiro atoms. The minimum atomic E-state index is -0.0941. The van der Waals surface area contributed by atoms with Crippen LogP contribution in [0.2, 0.25) is 0 Å². The van der Waals surface area contributed by atoms with Crippen LogP contribution in [0.5, 0.6) is 0 Å². The topological polar surface area (TPSA) is 40.6 Å². The van der Waals surface area contributed by atoms with Crippen molar-refractivity contribution in [2.75, 3.05) is 13.1 Å². The van der Waals surface area contributed by atoms with E-state index in [0.717, 1.165) is 34.1 Å². The van der Waals surface area contributed by atoms with Gasteiger partial charge >= 0.3 is 0 Å². The molecule has 2 amide bonds. The molecule has 0 aliphatic heterocycles. The minimum Gasteiger partial charge on any atom is -0.332 e. The highest BCUT2D eigenvalue weighted by atomic mass is 32.1. The molecule has 5 heteroatoms. The summed E-state index contributed by atoms with van der Waals surface area (Å²) in [6, 6.07) is 27.8. The van der Waals surface area contributed by atoms with Gasteiger partial charge in [0.1, 0.15) is 6.54 Å². The van der Waals surface area contributed by atoms with Crippen LogP contribution in [-0.4, -0.2) is 34.7 Å². The molecule has 4 rings (SSSR count). The lowest BCUT2D eigenvalue weighted by Crippen LogP contribution is -2.42. The van der Waals surface area contributed by atoms with Crippen molar-refractivity contribution >= 4 is 33.9 Å². The zero-order chi connectivity index (χ0) is 23.8. The summed E-state index contributed by atoms with van der Waals surface area (Å²) in [7, 11) is 0. The van der Waals surface area contributed by atoms with Gasteiger partial charge in [-0.05, 0) is 46.3 Å². The van der Waals surface area contributed by atoms with E-state index in [0.29, 0.717) is 25.2 Å². The highest BCUT2D eigenvalue weighted by molar-refractivity contribution is 7.09. The van der Waals surface area contributed by atoms with Crippen molar-refractivity contribution in [3.05, 3.63) is 106 Å². The van der Waals surface area contributed by atoms with Crippen LogP contribution in [0.1, 0.15) is 40.6 Å². The summed E-state index contributed by atoms with van der Waals surface area (Å²) in [6.45, 7) is 3.79. The number of fused-ring (bicyclic) bond motifs is 1. The number of nitrogens with zero attached hydrogens (tertiary/aromatic N) is 2. The third-order valence-corrected chi connectivity index (χ3v) is 6.75. The summed E-state index contributed by atoms with van der Waals surface area (Å²) in [5, 5.41) is 4.15.